The number of hydrogen-bond acceptors (Lipinski definition) is 5. The predicted molar refractivity (Wildman–Crippen MR) is 85.7 cm³/mol. The van der Waals surface area contributed by atoms with Gasteiger partial charge in [-0.15, -0.1) is 0 Å². The van der Waals surface area contributed by atoms with Gasteiger partial charge in [-0.3, -0.25) is 4.79 Å². The summed E-state index contributed by atoms with van der Waals surface area (Å²) in [6.45, 7) is 10.1. The van der Waals surface area contributed by atoms with Crippen molar-refractivity contribution in [2.24, 2.45) is 5.73 Å². The van der Waals surface area contributed by atoms with Crippen LogP contribution in [-0.4, -0.2) is 79.9 Å². The van der Waals surface area contributed by atoms with E-state index in [-0.39, 0.29) is 24.2 Å². The molecule has 0 saturated carbocycles. The van der Waals surface area contributed by atoms with E-state index in [4.69, 9.17) is 15.2 Å². The van der Waals surface area contributed by atoms with E-state index in [1.54, 1.807) is 0 Å². The Labute approximate surface area is 133 Å². The Morgan fingerprint density at radius 3 is 2.73 bits per heavy atom. The summed E-state index contributed by atoms with van der Waals surface area (Å²) in [6, 6.07) is 0. The minimum Gasteiger partial charge on any atom is -0.375 e. The molecule has 6 heteroatoms. The number of likely N-dealkylation sites (N-methyl/N-ethyl adjacent to an activating group) is 1. The third-order valence-electron chi connectivity index (χ3n) is 4.76. The first kappa shape index (κ1) is 17.7. The Bertz CT molecular complexity index is 350. The van der Waals surface area contributed by atoms with Gasteiger partial charge < -0.3 is 25.0 Å². The van der Waals surface area contributed by atoms with Crippen LogP contribution in [-0.2, 0) is 14.3 Å². The molecule has 0 aromatic carbocycles. The maximum atomic E-state index is 12.4. The zero-order chi connectivity index (χ0) is 15.9. The Kier molecular flexibility index (Phi) is 7.08. The van der Waals surface area contributed by atoms with Gasteiger partial charge in [-0.1, -0.05) is 13.8 Å². The van der Waals surface area contributed by atoms with Gasteiger partial charge in [-0.2, -0.15) is 0 Å². The highest BCUT2D eigenvalue weighted by Gasteiger charge is 2.36. The summed E-state index contributed by atoms with van der Waals surface area (Å²) in [4.78, 5) is 16.7. The number of hydrogen-bond donors (Lipinski definition) is 1. The van der Waals surface area contributed by atoms with Gasteiger partial charge in [-0.05, 0) is 32.4 Å². The van der Waals surface area contributed by atoms with Crippen molar-refractivity contribution < 1.29 is 14.3 Å². The molecule has 2 aliphatic rings. The van der Waals surface area contributed by atoms with Crippen molar-refractivity contribution in [3.63, 3.8) is 0 Å². The summed E-state index contributed by atoms with van der Waals surface area (Å²) in [5.74, 6) is 0.116. The van der Waals surface area contributed by atoms with Crippen molar-refractivity contribution in [2.75, 3.05) is 45.9 Å². The van der Waals surface area contributed by atoms with Crippen LogP contribution >= 0.6 is 0 Å². The lowest BCUT2D eigenvalue weighted by Gasteiger charge is -2.22. The number of likely N-dealkylation sites (tertiary alicyclic amines) is 1. The van der Waals surface area contributed by atoms with Crippen LogP contribution in [0.4, 0.5) is 0 Å². The van der Waals surface area contributed by atoms with E-state index in [1.165, 1.54) is 0 Å². The van der Waals surface area contributed by atoms with Crippen LogP contribution in [0.2, 0.25) is 0 Å². The summed E-state index contributed by atoms with van der Waals surface area (Å²) >= 11 is 0. The number of amides is 1. The molecule has 1 amide bonds. The van der Waals surface area contributed by atoms with Crippen LogP contribution in [0.1, 0.15) is 33.1 Å². The number of ether oxygens (including phenoxy) is 2. The molecule has 2 fully saturated rings. The lowest BCUT2D eigenvalue weighted by atomic mass is 10.2. The third-order valence-corrected chi connectivity index (χ3v) is 4.76. The second-order valence-electron chi connectivity index (χ2n) is 6.15. The van der Waals surface area contributed by atoms with Crippen LogP contribution in [0, 0.1) is 0 Å². The molecular formula is C16H31N3O3. The highest BCUT2D eigenvalue weighted by molar-refractivity contribution is 5.81. The Morgan fingerprint density at radius 2 is 2.09 bits per heavy atom. The lowest BCUT2D eigenvalue weighted by Crippen LogP contribution is -2.39. The van der Waals surface area contributed by atoms with Crippen molar-refractivity contribution >= 4 is 5.91 Å². The molecular weight excluding hydrogens is 282 g/mol. The average Bonchev–Trinajstić information content (AvgIpc) is 3.20. The van der Waals surface area contributed by atoms with E-state index in [2.05, 4.69) is 18.7 Å². The van der Waals surface area contributed by atoms with Crippen molar-refractivity contribution in [1.82, 2.24) is 9.80 Å². The predicted octanol–water partition coefficient (Wildman–Crippen LogP) is 0.452. The Balaban J connectivity index is 1.68. The standard InChI is InChI=1S/C16H31N3O3/c1-3-18(4-2)9-10-21-14-7-8-19(12-14)16(20)15-6-5-13(11-17)22-15/h13-15H,3-12,17H2,1-2H3/t13-,14?,15+/m1/s1. The van der Waals surface area contributed by atoms with E-state index in [0.717, 1.165) is 52.0 Å². The van der Waals surface area contributed by atoms with Gasteiger partial charge in [-0.25, -0.2) is 0 Å². The SMILES string of the molecule is CCN(CC)CCOC1CCN(C(=O)[C@@H]2CC[C@H](CN)O2)C1. The van der Waals surface area contributed by atoms with Crippen LogP contribution in [0.3, 0.4) is 0 Å². The lowest BCUT2D eigenvalue weighted by molar-refractivity contribution is -0.142. The second kappa shape index (κ2) is 8.82. The molecule has 0 bridgehead atoms. The highest BCUT2D eigenvalue weighted by atomic mass is 16.5. The summed E-state index contributed by atoms with van der Waals surface area (Å²) < 4.78 is 11.6. The minimum absolute atomic E-state index is 0.0534. The number of rotatable bonds is 8. The van der Waals surface area contributed by atoms with Gasteiger partial charge in [0.25, 0.3) is 5.91 Å². The third kappa shape index (κ3) is 4.65. The summed E-state index contributed by atoms with van der Waals surface area (Å²) in [5, 5.41) is 0. The van der Waals surface area contributed by atoms with Crippen LogP contribution in [0.25, 0.3) is 0 Å². The van der Waals surface area contributed by atoms with Gasteiger partial charge in [0.1, 0.15) is 6.10 Å². The van der Waals surface area contributed by atoms with E-state index in [1.807, 2.05) is 4.90 Å². The number of nitrogens with two attached hydrogens (primary N) is 1. The second-order valence-corrected chi connectivity index (χ2v) is 6.15. The largest absolute Gasteiger partial charge is 0.375 e. The summed E-state index contributed by atoms with van der Waals surface area (Å²) in [5.41, 5.74) is 5.60. The van der Waals surface area contributed by atoms with Crippen molar-refractivity contribution in [1.29, 1.82) is 0 Å². The quantitative estimate of drug-likeness (QED) is 0.705. The van der Waals surface area contributed by atoms with Gasteiger partial charge in [0.15, 0.2) is 0 Å². The maximum absolute atomic E-state index is 12.4. The number of carbonyl (C=O) groups is 1. The molecule has 6 nitrogen and oxygen atoms in total. The molecule has 0 aromatic heterocycles. The first-order valence-corrected chi connectivity index (χ1v) is 8.66. The molecule has 2 aliphatic heterocycles. The fraction of sp³-hybridized carbons (Fsp3) is 0.938. The molecule has 2 N–H and O–H groups in total. The molecule has 1 unspecified atom stereocenters. The average molecular weight is 313 g/mol. The molecule has 2 heterocycles. The smallest absolute Gasteiger partial charge is 0.251 e. The Hall–Kier alpha value is -0.690. The minimum atomic E-state index is -0.289. The highest BCUT2D eigenvalue weighted by Crippen LogP contribution is 2.23. The summed E-state index contributed by atoms with van der Waals surface area (Å²) in [6.07, 6.45) is 2.55. The normalized spacial score (nSPS) is 28.7. The van der Waals surface area contributed by atoms with E-state index >= 15 is 0 Å². The molecule has 0 spiro atoms. The fourth-order valence-corrected chi connectivity index (χ4v) is 3.22. The molecule has 0 aromatic rings. The van der Waals surface area contributed by atoms with E-state index < -0.39 is 0 Å². The van der Waals surface area contributed by atoms with E-state index in [0.29, 0.717) is 13.1 Å². The molecule has 3 atom stereocenters. The number of carbonyl (C=O) groups excluding carboxylic acids is 1. The molecule has 2 rings (SSSR count). The molecule has 128 valence electrons. The van der Waals surface area contributed by atoms with Gasteiger partial charge in [0.2, 0.25) is 0 Å². The molecule has 22 heavy (non-hydrogen) atoms. The first-order valence-electron chi connectivity index (χ1n) is 8.66. The van der Waals surface area contributed by atoms with Gasteiger partial charge in [0.05, 0.1) is 18.8 Å². The van der Waals surface area contributed by atoms with Gasteiger partial charge >= 0.3 is 0 Å². The molecule has 0 aliphatic carbocycles. The maximum Gasteiger partial charge on any atom is 0.251 e. The van der Waals surface area contributed by atoms with Crippen LogP contribution in [0.15, 0.2) is 0 Å². The van der Waals surface area contributed by atoms with Crippen LogP contribution < -0.4 is 5.73 Å². The zero-order valence-corrected chi connectivity index (χ0v) is 14.0. The molecule has 2 saturated heterocycles. The zero-order valence-electron chi connectivity index (χ0n) is 14.0. The Morgan fingerprint density at radius 1 is 1.32 bits per heavy atom. The summed E-state index contributed by atoms with van der Waals surface area (Å²) in [7, 11) is 0. The first-order chi connectivity index (χ1) is 10.7. The van der Waals surface area contributed by atoms with Gasteiger partial charge in [0, 0.05) is 26.2 Å². The fourth-order valence-electron chi connectivity index (χ4n) is 3.22. The van der Waals surface area contributed by atoms with Crippen molar-refractivity contribution in [3.8, 4) is 0 Å². The van der Waals surface area contributed by atoms with Crippen LogP contribution in [0.5, 0.6) is 0 Å². The topological polar surface area (TPSA) is 68.0 Å². The molecule has 0 radical (unpaired) electrons. The monoisotopic (exact) mass is 313 g/mol. The van der Waals surface area contributed by atoms with E-state index in [9.17, 15) is 4.79 Å². The van der Waals surface area contributed by atoms with Crippen molar-refractivity contribution in [2.45, 2.75) is 51.4 Å². The van der Waals surface area contributed by atoms with Crippen molar-refractivity contribution in [3.05, 3.63) is 0 Å². The number of nitrogens with zero attached hydrogens (tertiary/aromatic N) is 2.